The Morgan fingerprint density at radius 2 is 2.24 bits per heavy atom. The number of carbonyl (C=O) groups is 1. The summed E-state index contributed by atoms with van der Waals surface area (Å²) in [5.74, 6) is 5.58. The number of nitrogens with zero attached hydrogens (tertiary/aromatic N) is 1. The number of hydrazine groups is 1. The van der Waals surface area contributed by atoms with Crippen LogP contribution >= 0.6 is 0 Å². The minimum absolute atomic E-state index is 0.119. The molecular weight excluding hydrogens is 222 g/mol. The summed E-state index contributed by atoms with van der Waals surface area (Å²) in [5, 5.41) is 3.62. The summed E-state index contributed by atoms with van der Waals surface area (Å²) < 4.78 is 10.3. The maximum absolute atomic E-state index is 11.2. The lowest BCUT2D eigenvalue weighted by Crippen LogP contribution is -2.30. The molecule has 88 valence electrons. The molecule has 1 amide bonds. The molecule has 3 N–H and O–H groups in total. The van der Waals surface area contributed by atoms with Crippen molar-refractivity contribution in [3.63, 3.8) is 0 Å². The lowest BCUT2D eigenvalue weighted by Gasteiger charge is -2.03. The van der Waals surface area contributed by atoms with Gasteiger partial charge < -0.3 is 9.26 Å². The second-order valence-electron chi connectivity index (χ2n) is 3.25. The van der Waals surface area contributed by atoms with Crippen molar-refractivity contribution in [1.29, 1.82) is 0 Å². The van der Waals surface area contributed by atoms with Gasteiger partial charge in [-0.05, 0) is 12.1 Å². The number of nitrogen functional groups attached to an aromatic ring is 1. The van der Waals surface area contributed by atoms with E-state index in [0.717, 1.165) is 5.56 Å². The van der Waals surface area contributed by atoms with Gasteiger partial charge in [-0.2, -0.15) is 0 Å². The van der Waals surface area contributed by atoms with Crippen LogP contribution < -0.4 is 16.0 Å². The van der Waals surface area contributed by atoms with Gasteiger partial charge in [-0.1, -0.05) is 17.3 Å². The Hall–Kier alpha value is -2.34. The zero-order valence-corrected chi connectivity index (χ0v) is 9.14. The number of benzene rings is 1. The Kier molecular flexibility index (Phi) is 3.06. The van der Waals surface area contributed by atoms with E-state index in [1.807, 2.05) is 23.6 Å². The van der Waals surface area contributed by atoms with Crippen LogP contribution in [-0.4, -0.2) is 18.2 Å². The van der Waals surface area contributed by atoms with Crippen molar-refractivity contribution in [2.24, 2.45) is 5.84 Å². The van der Waals surface area contributed by atoms with Crippen LogP contribution in [-0.2, 0) is 0 Å². The molecule has 1 aromatic carbocycles. The third-order valence-electron chi connectivity index (χ3n) is 2.25. The SMILES string of the molecule is COc1ccccc1-c1cc(C(=O)NN)no1. The predicted octanol–water partition coefficient (Wildman–Crippen LogP) is 0.954. The molecule has 0 fully saturated rings. The first-order valence-electron chi connectivity index (χ1n) is 4.87. The van der Waals surface area contributed by atoms with Crippen molar-refractivity contribution in [3.05, 3.63) is 36.0 Å². The molecule has 0 aliphatic heterocycles. The molecule has 0 radical (unpaired) electrons. The molecule has 1 aromatic heterocycles. The Labute approximate surface area is 97.3 Å². The van der Waals surface area contributed by atoms with Gasteiger partial charge >= 0.3 is 0 Å². The van der Waals surface area contributed by atoms with E-state index < -0.39 is 5.91 Å². The number of hydrogen-bond donors (Lipinski definition) is 2. The first-order valence-corrected chi connectivity index (χ1v) is 4.87. The minimum Gasteiger partial charge on any atom is -0.496 e. The molecular formula is C11H11N3O3. The summed E-state index contributed by atoms with van der Waals surface area (Å²) in [7, 11) is 1.56. The molecule has 2 aromatic rings. The third kappa shape index (κ3) is 2.11. The number of aromatic nitrogens is 1. The maximum atomic E-state index is 11.2. The summed E-state index contributed by atoms with van der Waals surface area (Å²) in [5.41, 5.74) is 2.82. The van der Waals surface area contributed by atoms with Crippen molar-refractivity contribution in [3.8, 4) is 17.1 Å². The highest BCUT2D eigenvalue weighted by Crippen LogP contribution is 2.29. The van der Waals surface area contributed by atoms with E-state index in [9.17, 15) is 4.79 Å². The first-order chi connectivity index (χ1) is 8.26. The summed E-state index contributed by atoms with van der Waals surface area (Å²) in [6.45, 7) is 0. The average Bonchev–Trinajstić information content (AvgIpc) is 2.87. The Morgan fingerprint density at radius 1 is 1.47 bits per heavy atom. The standard InChI is InChI=1S/C11H11N3O3/c1-16-9-5-3-2-4-7(9)10-6-8(14-17-10)11(15)13-12/h2-6H,12H2,1H3,(H,13,15). The second-order valence-corrected chi connectivity index (χ2v) is 3.25. The first kappa shape index (κ1) is 11.2. The molecule has 0 atom stereocenters. The van der Waals surface area contributed by atoms with E-state index in [4.69, 9.17) is 15.1 Å². The smallest absolute Gasteiger partial charge is 0.287 e. The third-order valence-corrected chi connectivity index (χ3v) is 2.25. The number of carbonyl (C=O) groups excluding carboxylic acids is 1. The fourth-order valence-corrected chi connectivity index (χ4v) is 1.43. The fraction of sp³-hybridized carbons (Fsp3) is 0.0909. The highest BCUT2D eigenvalue weighted by Gasteiger charge is 2.14. The van der Waals surface area contributed by atoms with Crippen molar-refractivity contribution in [2.75, 3.05) is 7.11 Å². The zero-order chi connectivity index (χ0) is 12.3. The van der Waals surface area contributed by atoms with E-state index in [1.54, 1.807) is 13.2 Å². The van der Waals surface area contributed by atoms with Gasteiger partial charge in [0.2, 0.25) is 0 Å². The van der Waals surface area contributed by atoms with Crippen LogP contribution in [0.4, 0.5) is 0 Å². The number of nitrogens with one attached hydrogen (secondary N) is 1. The fourth-order valence-electron chi connectivity index (χ4n) is 1.43. The summed E-state index contributed by atoms with van der Waals surface area (Å²) in [4.78, 5) is 11.2. The highest BCUT2D eigenvalue weighted by atomic mass is 16.5. The molecule has 0 aliphatic rings. The largest absolute Gasteiger partial charge is 0.496 e. The number of hydrogen-bond acceptors (Lipinski definition) is 5. The molecule has 17 heavy (non-hydrogen) atoms. The maximum Gasteiger partial charge on any atom is 0.287 e. The number of para-hydroxylation sites is 1. The quantitative estimate of drug-likeness (QED) is 0.468. The normalized spacial score (nSPS) is 10.0. The van der Waals surface area contributed by atoms with Crippen LogP contribution in [0.3, 0.4) is 0 Å². The van der Waals surface area contributed by atoms with Gasteiger partial charge in [0, 0.05) is 6.07 Å². The van der Waals surface area contributed by atoms with Gasteiger partial charge in [-0.15, -0.1) is 0 Å². The minimum atomic E-state index is -0.505. The van der Waals surface area contributed by atoms with E-state index in [-0.39, 0.29) is 5.69 Å². The Balaban J connectivity index is 2.40. The summed E-state index contributed by atoms with van der Waals surface area (Å²) >= 11 is 0. The van der Waals surface area contributed by atoms with Crippen LogP contribution in [0, 0.1) is 0 Å². The van der Waals surface area contributed by atoms with Gasteiger partial charge in [0.05, 0.1) is 12.7 Å². The highest BCUT2D eigenvalue weighted by molar-refractivity contribution is 5.92. The van der Waals surface area contributed by atoms with Crippen LogP contribution in [0.5, 0.6) is 5.75 Å². The predicted molar refractivity (Wildman–Crippen MR) is 60.1 cm³/mol. The second kappa shape index (κ2) is 4.67. The summed E-state index contributed by atoms with van der Waals surface area (Å²) in [6.07, 6.45) is 0. The van der Waals surface area contributed by atoms with Gasteiger partial charge in [-0.3, -0.25) is 10.2 Å². The Bertz CT molecular complexity index is 536. The molecule has 1 heterocycles. The zero-order valence-electron chi connectivity index (χ0n) is 9.14. The molecule has 0 unspecified atom stereocenters. The molecule has 6 heteroatoms. The topological polar surface area (TPSA) is 90.4 Å². The van der Waals surface area contributed by atoms with Crippen LogP contribution in [0.25, 0.3) is 11.3 Å². The number of nitrogens with two attached hydrogens (primary N) is 1. The van der Waals surface area contributed by atoms with E-state index in [2.05, 4.69) is 5.16 Å². The molecule has 0 aliphatic carbocycles. The van der Waals surface area contributed by atoms with Crippen LogP contribution in [0.15, 0.2) is 34.9 Å². The van der Waals surface area contributed by atoms with Gasteiger partial charge in [0.15, 0.2) is 11.5 Å². The lowest BCUT2D eigenvalue weighted by molar-refractivity contribution is 0.0944. The number of ether oxygens (including phenoxy) is 1. The van der Waals surface area contributed by atoms with Crippen LogP contribution in [0.1, 0.15) is 10.5 Å². The van der Waals surface area contributed by atoms with E-state index >= 15 is 0 Å². The van der Waals surface area contributed by atoms with Crippen molar-refractivity contribution >= 4 is 5.91 Å². The molecule has 0 spiro atoms. The monoisotopic (exact) mass is 233 g/mol. The Morgan fingerprint density at radius 3 is 2.94 bits per heavy atom. The van der Waals surface area contributed by atoms with Crippen molar-refractivity contribution in [1.82, 2.24) is 10.6 Å². The van der Waals surface area contributed by atoms with E-state index in [0.29, 0.717) is 11.5 Å². The van der Waals surface area contributed by atoms with Gasteiger partial charge in [0.25, 0.3) is 5.91 Å². The van der Waals surface area contributed by atoms with Crippen molar-refractivity contribution in [2.45, 2.75) is 0 Å². The molecule has 0 saturated carbocycles. The number of rotatable bonds is 3. The molecule has 2 rings (SSSR count). The van der Waals surface area contributed by atoms with Crippen LogP contribution in [0.2, 0.25) is 0 Å². The van der Waals surface area contributed by atoms with Gasteiger partial charge in [-0.25, -0.2) is 5.84 Å². The molecule has 0 saturated heterocycles. The van der Waals surface area contributed by atoms with Gasteiger partial charge in [0.1, 0.15) is 5.75 Å². The lowest BCUT2D eigenvalue weighted by atomic mass is 10.1. The summed E-state index contributed by atoms with van der Waals surface area (Å²) in [6, 6.07) is 8.78. The van der Waals surface area contributed by atoms with E-state index in [1.165, 1.54) is 6.07 Å². The van der Waals surface area contributed by atoms with Crippen molar-refractivity contribution < 1.29 is 14.1 Å². The number of methoxy groups -OCH3 is 1. The molecule has 0 bridgehead atoms. The molecule has 6 nitrogen and oxygen atoms in total. The number of amides is 1. The average molecular weight is 233 g/mol.